The van der Waals surface area contributed by atoms with Crippen molar-refractivity contribution in [1.29, 1.82) is 0 Å². The fraction of sp³-hybridized carbons (Fsp3) is 0.700. The minimum absolute atomic E-state index is 0.472. The molecule has 102 valence electrons. The molecule has 1 unspecified atom stereocenters. The molecule has 0 bridgehead atoms. The monoisotopic (exact) mass is 259 g/mol. The molecule has 8 heteroatoms. The molecule has 2 aliphatic heterocycles. The van der Waals surface area contributed by atoms with E-state index in [2.05, 4.69) is 5.32 Å². The van der Waals surface area contributed by atoms with E-state index in [0.29, 0.717) is 0 Å². The molecule has 8 nitrogen and oxygen atoms in total. The largest absolute Gasteiger partial charge is 0.393 e. The summed E-state index contributed by atoms with van der Waals surface area (Å²) in [6, 6.07) is -0.538. The molecule has 2 heterocycles. The summed E-state index contributed by atoms with van der Waals surface area (Å²) in [5.74, 6) is 0. The second-order valence-corrected chi connectivity index (χ2v) is 4.64. The number of nitrogens with two attached hydrogens (primary N) is 1. The van der Waals surface area contributed by atoms with Crippen LogP contribution in [-0.2, 0) is 4.74 Å². The lowest BCUT2D eigenvalue weighted by Crippen LogP contribution is -2.55. The third-order valence-electron chi connectivity index (χ3n) is 3.20. The van der Waals surface area contributed by atoms with Gasteiger partial charge in [-0.15, -0.1) is 0 Å². The Labute approximate surface area is 104 Å². The number of aliphatic hydroxyl groups is 3. The van der Waals surface area contributed by atoms with Crippen LogP contribution in [0.15, 0.2) is 12.3 Å². The van der Waals surface area contributed by atoms with Crippen LogP contribution in [0.3, 0.4) is 0 Å². The normalized spacial score (nSPS) is 44.3. The molecule has 0 aromatic carbocycles. The Balaban J connectivity index is 2.20. The van der Waals surface area contributed by atoms with Crippen molar-refractivity contribution in [3.8, 4) is 0 Å². The van der Waals surface area contributed by atoms with Crippen molar-refractivity contribution in [2.24, 2.45) is 5.73 Å². The quantitative estimate of drug-likeness (QED) is 0.377. The van der Waals surface area contributed by atoms with E-state index in [-0.39, 0.29) is 0 Å². The van der Waals surface area contributed by atoms with Crippen LogP contribution in [0.4, 0.5) is 4.79 Å². The van der Waals surface area contributed by atoms with E-state index in [1.807, 2.05) is 0 Å². The highest BCUT2D eigenvalue weighted by Crippen LogP contribution is 2.33. The van der Waals surface area contributed by atoms with Crippen molar-refractivity contribution in [2.45, 2.75) is 37.1 Å². The van der Waals surface area contributed by atoms with Gasteiger partial charge in [-0.1, -0.05) is 0 Å². The first-order valence-electron chi connectivity index (χ1n) is 5.56. The molecule has 6 N–H and O–H groups in total. The number of nitrogens with zero attached hydrogens (tertiary/aromatic N) is 1. The molecule has 2 amide bonds. The third kappa shape index (κ3) is 1.98. The molecule has 0 aromatic rings. The summed E-state index contributed by atoms with van der Waals surface area (Å²) in [4.78, 5) is 12.8. The Hall–Kier alpha value is -1.19. The van der Waals surface area contributed by atoms with Crippen LogP contribution in [-0.4, -0.2) is 63.1 Å². The van der Waals surface area contributed by atoms with Crippen LogP contribution in [0, 0.1) is 0 Å². The number of hydrogen-bond donors (Lipinski definition) is 5. The Kier molecular flexibility index (Phi) is 3.30. The summed E-state index contributed by atoms with van der Waals surface area (Å²) in [6.07, 6.45) is -1.37. The highest BCUT2D eigenvalue weighted by Gasteiger charge is 2.53. The minimum Gasteiger partial charge on any atom is -0.393 e. The van der Waals surface area contributed by atoms with Crippen LogP contribution >= 0.6 is 0 Å². The van der Waals surface area contributed by atoms with E-state index in [4.69, 9.17) is 10.5 Å². The summed E-state index contributed by atoms with van der Waals surface area (Å²) in [5.41, 5.74) is 4.18. The summed E-state index contributed by atoms with van der Waals surface area (Å²) in [7, 11) is 0. The van der Waals surface area contributed by atoms with Crippen molar-refractivity contribution in [1.82, 2.24) is 10.2 Å². The Morgan fingerprint density at radius 1 is 1.61 bits per heavy atom. The SMILES string of the molecule is C[C@]1(CO)O[C@@H](N2C=CC(N)NC2=O)[C@H](O)[C@@H]1O. The van der Waals surface area contributed by atoms with Crippen LogP contribution < -0.4 is 11.1 Å². The zero-order valence-electron chi connectivity index (χ0n) is 9.85. The molecule has 0 saturated carbocycles. The molecular formula is C10H17N3O5. The van der Waals surface area contributed by atoms with E-state index in [1.54, 1.807) is 0 Å². The predicted octanol–water partition coefficient (Wildman–Crippen LogP) is -2.36. The molecule has 1 saturated heterocycles. The minimum atomic E-state index is -1.31. The Morgan fingerprint density at radius 3 is 2.78 bits per heavy atom. The first kappa shape index (κ1) is 13.2. The first-order chi connectivity index (χ1) is 8.39. The lowest BCUT2D eigenvalue weighted by atomic mass is 9.98. The van der Waals surface area contributed by atoms with Crippen molar-refractivity contribution < 1.29 is 24.9 Å². The van der Waals surface area contributed by atoms with E-state index < -0.39 is 42.8 Å². The van der Waals surface area contributed by atoms with Crippen LogP contribution in [0.25, 0.3) is 0 Å². The number of hydrogen-bond acceptors (Lipinski definition) is 6. The van der Waals surface area contributed by atoms with Gasteiger partial charge in [-0.3, -0.25) is 4.90 Å². The van der Waals surface area contributed by atoms with Gasteiger partial charge in [0.25, 0.3) is 0 Å². The zero-order valence-corrected chi connectivity index (χ0v) is 9.85. The van der Waals surface area contributed by atoms with Crippen LogP contribution in [0.1, 0.15) is 6.92 Å². The van der Waals surface area contributed by atoms with Gasteiger partial charge in [-0.05, 0) is 13.0 Å². The molecule has 0 aromatic heterocycles. The average molecular weight is 259 g/mol. The summed E-state index contributed by atoms with van der Waals surface area (Å²) in [6.45, 7) is 0.985. The second-order valence-electron chi connectivity index (χ2n) is 4.64. The van der Waals surface area contributed by atoms with Crippen molar-refractivity contribution in [3.05, 3.63) is 12.3 Å². The van der Waals surface area contributed by atoms with Crippen molar-refractivity contribution in [2.75, 3.05) is 6.61 Å². The second kappa shape index (κ2) is 4.48. The zero-order chi connectivity index (χ0) is 13.5. The summed E-state index contributed by atoms with van der Waals surface area (Å²) < 4.78 is 5.39. The fourth-order valence-electron chi connectivity index (χ4n) is 2.00. The maximum atomic E-state index is 11.7. The predicted molar refractivity (Wildman–Crippen MR) is 59.9 cm³/mol. The highest BCUT2D eigenvalue weighted by molar-refractivity contribution is 5.77. The number of amides is 2. The molecule has 1 fully saturated rings. The number of carbonyl (C=O) groups is 1. The van der Waals surface area contributed by atoms with Gasteiger partial charge in [0.05, 0.1) is 12.8 Å². The number of rotatable bonds is 2. The standard InChI is InChI=1S/C10H17N3O5/c1-10(4-14)7(16)6(15)8(18-10)13-3-2-5(11)12-9(13)17/h2-3,5-8,14-16H,4,11H2,1H3,(H,12,17)/t5?,6-,7+,8-,10-/m1/s1. The molecule has 0 radical (unpaired) electrons. The average Bonchev–Trinajstić information content (AvgIpc) is 2.55. The number of urea groups is 1. The Bertz CT molecular complexity index is 377. The highest BCUT2D eigenvalue weighted by atomic mass is 16.6. The van der Waals surface area contributed by atoms with E-state index >= 15 is 0 Å². The van der Waals surface area contributed by atoms with E-state index in [0.717, 1.165) is 4.90 Å². The van der Waals surface area contributed by atoms with Gasteiger partial charge < -0.3 is 31.1 Å². The van der Waals surface area contributed by atoms with E-state index in [9.17, 15) is 20.1 Å². The van der Waals surface area contributed by atoms with E-state index in [1.165, 1.54) is 19.2 Å². The number of aliphatic hydroxyl groups excluding tert-OH is 3. The van der Waals surface area contributed by atoms with Gasteiger partial charge in [0.15, 0.2) is 6.23 Å². The topological polar surface area (TPSA) is 128 Å². The molecule has 2 rings (SSSR count). The fourth-order valence-corrected chi connectivity index (χ4v) is 2.00. The molecular weight excluding hydrogens is 242 g/mol. The van der Waals surface area contributed by atoms with Gasteiger partial charge in [-0.2, -0.15) is 0 Å². The first-order valence-corrected chi connectivity index (χ1v) is 5.56. The third-order valence-corrected chi connectivity index (χ3v) is 3.20. The maximum absolute atomic E-state index is 11.7. The van der Waals surface area contributed by atoms with Gasteiger partial charge in [0.2, 0.25) is 0 Å². The summed E-state index contributed by atoms with van der Waals surface area (Å²) >= 11 is 0. The number of nitrogens with one attached hydrogen (secondary N) is 1. The van der Waals surface area contributed by atoms with Gasteiger partial charge in [0, 0.05) is 6.20 Å². The smallest absolute Gasteiger partial charge is 0.325 e. The van der Waals surface area contributed by atoms with Crippen LogP contribution in [0.5, 0.6) is 0 Å². The maximum Gasteiger partial charge on any atom is 0.325 e. The van der Waals surface area contributed by atoms with Crippen LogP contribution in [0.2, 0.25) is 0 Å². The molecule has 2 aliphatic rings. The number of carbonyl (C=O) groups excluding carboxylic acids is 1. The lowest BCUT2D eigenvalue weighted by molar-refractivity contribution is -0.122. The summed E-state index contributed by atoms with van der Waals surface area (Å²) in [5, 5.41) is 31.3. The molecule has 18 heavy (non-hydrogen) atoms. The molecule has 0 aliphatic carbocycles. The number of ether oxygens (including phenoxy) is 1. The lowest BCUT2D eigenvalue weighted by Gasteiger charge is -2.32. The van der Waals surface area contributed by atoms with Gasteiger partial charge in [-0.25, -0.2) is 4.79 Å². The van der Waals surface area contributed by atoms with Gasteiger partial charge in [0.1, 0.15) is 17.8 Å². The molecule has 5 atom stereocenters. The van der Waals surface area contributed by atoms with Gasteiger partial charge >= 0.3 is 6.03 Å². The van der Waals surface area contributed by atoms with Crippen molar-refractivity contribution >= 4 is 6.03 Å². The van der Waals surface area contributed by atoms with Crippen molar-refractivity contribution in [3.63, 3.8) is 0 Å². The molecule has 0 spiro atoms. The Morgan fingerprint density at radius 2 is 2.28 bits per heavy atom.